The summed E-state index contributed by atoms with van der Waals surface area (Å²) in [6, 6.07) is 10.2. The number of rotatable bonds is 3. The lowest BCUT2D eigenvalue weighted by atomic mass is 9.83. The summed E-state index contributed by atoms with van der Waals surface area (Å²) in [6.07, 6.45) is 1.83. The van der Waals surface area contributed by atoms with E-state index in [0.717, 1.165) is 33.2 Å². The van der Waals surface area contributed by atoms with Gasteiger partial charge in [-0.15, -0.1) is 5.10 Å². The van der Waals surface area contributed by atoms with Gasteiger partial charge in [0.2, 0.25) is 11.8 Å². The van der Waals surface area contributed by atoms with Gasteiger partial charge >= 0.3 is 0 Å². The molecule has 3 rings (SSSR count). The Balaban J connectivity index is 2.24. The molecule has 0 amide bonds. The van der Waals surface area contributed by atoms with Gasteiger partial charge in [-0.05, 0) is 40.6 Å². The maximum atomic E-state index is 9.57. The molecule has 0 spiro atoms. The molecule has 112 valence electrons. The van der Waals surface area contributed by atoms with Crippen LogP contribution in [0.25, 0.3) is 0 Å². The SMILES string of the molecule is CCCc1[nH]nc2c1[C@@H](c1ccccc1I)C(C#N)=C(N)O2. The number of hydrogen-bond donors (Lipinski definition) is 2. The summed E-state index contributed by atoms with van der Waals surface area (Å²) in [7, 11) is 0. The van der Waals surface area contributed by atoms with Crippen LogP contribution in [-0.2, 0) is 6.42 Å². The highest BCUT2D eigenvalue weighted by atomic mass is 127. The van der Waals surface area contributed by atoms with Crippen molar-refractivity contribution in [2.75, 3.05) is 0 Å². The van der Waals surface area contributed by atoms with E-state index in [-0.39, 0.29) is 11.8 Å². The van der Waals surface area contributed by atoms with E-state index in [1.165, 1.54) is 0 Å². The molecule has 0 radical (unpaired) electrons. The fraction of sp³-hybridized carbons (Fsp3) is 0.250. The minimum Gasteiger partial charge on any atom is -0.420 e. The Morgan fingerprint density at radius 2 is 2.23 bits per heavy atom. The van der Waals surface area contributed by atoms with Crippen molar-refractivity contribution in [1.82, 2.24) is 10.2 Å². The Kier molecular flexibility index (Phi) is 4.07. The molecule has 0 bridgehead atoms. The van der Waals surface area contributed by atoms with Crippen molar-refractivity contribution in [2.24, 2.45) is 5.73 Å². The van der Waals surface area contributed by atoms with Crippen molar-refractivity contribution < 1.29 is 4.74 Å². The average Bonchev–Trinajstić information content (AvgIpc) is 2.89. The van der Waals surface area contributed by atoms with Crippen LogP contribution in [0.4, 0.5) is 0 Å². The minimum absolute atomic E-state index is 0.134. The molecule has 0 saturated carbocycles. The van der Waals surface area contributed by atoms with Crippen LogP contribution in [0.5, 0.6) is 5.88 Å². The molecule has 6 heteroatoms. The second-order valence-electron chi connectivity index (χ2n) is 5.12. The van der Waals surface area contributed by atoms with Crippen LogP contribution in [0.2, 0.25) is 0 Å². The molecular weight excluding hydrogens is 391 g/mol. The zero-order chi connectivity index (χ0) is 15.7. The van der Waals surface area contributed by atoms with Crippen LogP contribution in [0.1, 0.15) is 36.1 Å². The normalized spacial score (nSPS) is 16.9. The zero-order valence-electron chi connectivity index (χ0n) is 12.1. The summed E-state index contributed by atoms with van der Waals surface area (Å²) >= 11 is 2.28. The van der Waals surface area contributed by atoms with Gasteiger partial charge in [0.25, 0.3) is 0 Å². The smallest absolute Gasteiger partial charge is 0.244 e. The highest BCUT2D eigenvalue weighted by Gasteiger charge is 2.35. The van der Waals surface area contributed by atoms with Crippen molar-refractivity contribution in [3.05, 3.63) is 56.1 Å². The second kappa shape index (κ2) is 6.01. The van der Waals surface area contributed by atoms with E-state index in [1.807, 2.05) is 24.3 Å². The highest BCUT2D eigenvalue weighted by molar-refractivity contribution is 14.1. The predicted molar refractivity (Wildman–Crippen MR) is 91.0 cm³/mol. The average molecular weight is 406 g/mol. The summed E-state index contributed by atoms with van der Waals surface area (Å²) < 4.78 is 6.63. The van der Waals surface area contributed by atoms with Gasteiger partial charge < -0.3 is 10.5 Å². The number of allylic oxidation sites excluding steroid dienone is 1. The number of nitrogens with zero attached hydrogens (tertiary/aromatic N) is 2. The van der Waals surface area contributed by atoms with E-state index in [2.05, 4.69) is 45.8 Å². The lowest BCUT2D eigenvalue weighted by Gasteiger charge is -2.24. The number of nitriles is 1. The summed E-state index contributed by atoms with van der Waals surface area (Å²) in [6.45, 7) is 2.10. The number of aromatic nitrogens is 2. The monoisotopic (exact) mass is 406 g/mol. The molecule has 5 nitrogen and oxygen atoms in total. The topological polar surface area (TPSA) is 87.7 Å². The lowest BCUT2D eigenvalue weighted by Crippen LogP contribution is -2.21. The van der Waals surface area contributed by atoms with Crippen LogP contribution in [0.3, 0.4) is 0 Å². The van der Waals surface area contributed by atoms with Crippen LogP contribution >= 0.6 is 22.6 Å². The minimum atomic E-state index is -0.234. The van der Waals surface area contributed by atoms with Crippen molar-refractivity contribution in [1.29, 1.82) is 5.26 Å². The van der Waals surface area contributed by atoms with Crippen LogP contribution < -0.4 is 10.5 Å². The van der Waals surface area contributed by atoms with Crippen LogP contribution in [-0.4, -0.2) is 10.2 Å². The van der Waals surface area contributed by atoms with Crippen LogP contribution in [0, 0.1) is 14.9 Å². The molecule has 1 aliphatic heterocycles. The Hall–Kier alpha value is -2.01. The number of nitrogens with two attached hydrogens (primary N) is 1. The molecular formula is C16H15IN4O. The number of ether oxygens (including phenoxy) is 1. The Morgan fingerprint density at radius 1 is 1.45 bits per heavy atom. The summed E-state index contributed by atoms with van der Waals surface area (Å²) in [5.74, 6) is 0.376. The molecule has 0 unspecified atom stereocenters. The molecule has 1 atom stereocenters. The van der Waals surface area contributed by atoms with Crippen molar-refractivity contribution in [3.63, 3.8) is 0 Å². The number of benzene rings is 1. The van der Waals surface area contributed by atoms with Gasteiger partial charge in [0.05, 0.1) is 5.92 Å². The van der Waals surface area contributed by atoms with Gasteiger partial charge in [0.1, 0.15) is 11.6 Å². The molecule has 2 heterocycles. The molecule has 22 heavy (non-hydrogen) atoms. The van der Waals surface area contributed by atoms with Gasteiger partial charge in [0, 0.05) is 14.8 Å². The van der Waals surface area contributed by atoms with Gasteiger partial charge in [-0.25, -0.2) is 0 Å². The highest BCUT2D eigenvalue weighted by Crippen LogP contribution is 2.44. The van der Waals surface area contributed by atoms with Crippen LogP contribution in [0.15, 0.2) is 35.7 Å². The van der Waals surface area contributed by atoms with Gasteiger partial charge in [-0.1, -0.05) is 31.5 Å². The quantitative estimate of drug-likeness (QED) is 0.767. The van der Waals surface area contributed by atoms with E-state index in [9.17, 15) is 5.26 Å². The molecule has 2 aromatic rings. The van der Waals surface area contributed by atoms with Gasteiger partial charge in [0.15, 0.2) is 0 Å². The number of halogens is 1. The van der Waals surface area contributed by atoms with E-state index in [0.29, 0.717) is 11.5 Å². The first kappa shape index (κ1) is 14.9. The standard InChI is InChI=1S/C16H15IN4O/c1-2-5-12-14-13(9-6-3-4-7-11(9)17)10(8-18)15(19)22-16(14)21-20-12/h3-4,6-7,13H,2,5,19H2,1H3,(H,20,21)/t13-/m0/s1. The maximum absolute atomic E-state index is 9.57. The third-order valence-electron chi connectivity index (χ3n) is 3.73. The Morgan fingerprint density at radius 3 is 2.91 bits per heavy atom. The molecule has 1 aromatic heterocycles. The maximum Gasteiger partial charge on any atom is 0.244 e. The van der Waals surface area contributed by atoms with E-state index >= 15 is 0 Å². The Bertz CT molecular complexity index is 788. The van der Waals surface area contributed by atoms with E-state index in [1.54, 1.807) is 0 Å². The largest absolute Gasteiger partial charge is 0.420 e. The molecule has 0 aliphatic carbocycles. The van der Waals surface area contributed by atoms with Crippen molar-refractivity contribution in [3.8, 4) is 11.9 Å². The number of hydrogen-bond acceptors (Lipinski definition) is 4. The first-order chi connectivity index (χ1) is 10.7. The molecule has 1 aliphatic rings. The summed E-state index contributed by atoms with van der Waals surface area (Å²) in [5, 5.41) is 16.8. The second-order valence-corrected chi connectivity index (χ2v) is 6.28. The lowest BCUT2D eigenvalue weighted by molar-refractivity contribution is 0.378. The Labute approximate surface area is 142 Å². The summed E-state index contributed by atoms with van der Waals surface area (Å²) in [5.41, 5.74) is 9.36. The van der Waals surface area contributed by atoms with E-state index < -0.39 is 0 Å². The fourth-order valence-electron chi connectivity index (χ4n) is 2.77. The zero-order valence-corrected chi connectivity index (χ0v) is 14.2. The molecule has 3 N–H and O–H groups in total. The predicted octanol–water partition coefficient (Wildman–Crippen LogP) is 3.18. The molecule has 0 fully saturated rings. The van der Waals surface area contributed by atoms with Gasteiger partial charge in [-0.2, -0.15) is 5.26 Å². The number of fused-ring (bicyclic) bond motifs is 1. The number of aromatic amines is 1. The number of nitrogens with one attached hydrogen (secondary N) is 1. The van der Waals surface area contributed by atoms with Crippen molar-refractivity contribution in [2.45, 2.75) is 25.7 Å². The first-order valence-corrected chi connectivity index (χ1v) is 8.14. The third kappa shape index (κ3) is 2.35. The first-order valence-electron chi connectivity index (χ1n) is 7.06. The van der Waals surface area contributed by atoms with Gasteiger partial charge in [-0.3, -0.25) is 5.10 Å². The number of aryl methyl sites for hydroxylation is 1. The fourth-order valence-corrected chi connectivity index (χ4v) is 3.47. The van der Waals surface area contributed by atoms with Crippen molar-refractivity contribution >= 4 is 22.6 Å². The number of H-pyrrole nitrogens is 1. The molecule has 0 saturated heterocycles. The molecule has 1 aromatic carbocycles. The third-order valence-corrected chi connectivity index (χ3v) is 4.72. The van der Waals surface area contributed by atoms with E-state index in [4.69, 9.17) is 10.5 Å². The summed E-state index contributed by atoms with van der Waals surface area (Å²) in [4.78, 5) is 0.